The van der Waals surface area contributed by atoms with E-state index in [1.54, 1.807) is 30.7 Å². The van der Waals surface area contributed by atoms with E-state index in [-0.39, 0.29) is 12.3 Å². The van der Waals surface area contributed by atoms with Crippen LogP contribution in [-0.2, 0) is 11.2 Å². The SMILES string of the molecule is CN(C)CCOc1cc(F)cc(-c2nccc3[nH]c(-c4n[nH]c5ccc(-c6cncc(NC(=O)Cc7ccccc7)c6)nc45)nc23)c1. The normalized spacial score (nSPS) is 11.4. The second-order valence-electron chi connectivity index (χ2n) is 11.3. The first-order valence-corrected chi connectivity index (χ1v) is 15.0. The van der Waals surface area contributed by atoms with Crippen LogP contribution < -0.4 is 10.1 Å². The number of fused-ring (bicyclic) bond motifs is 2. The van der Waals surface area contributed by atoms with Crippen molar-refractivity contribution in [1.82, 2.24) is 40.0 Å². The van der Waals surface area contributed by atoms with E-state index < -0.39 is 5.82 Å². The van der Waals surface area contributed by atoms with Crippen molar-refractivity contribution in [2.24, 2.45) is 0 Å². The summed E-state index contributed by atoms with van der Waals surface area (Å²) in [5, 5.41) is 10.5. The van der Waals surface area contributed by atoms with E-state index in [1.807, 2.05) is 67.5 Å². The number of likely N-dealkylation sites (N-methyl/N-ethyl adjacent to an activating group) is 1. The molecule has 0 aliphatic carbocycles. The predicted octanol–water partition coefficient (Wildman–Crippen LogP) is 5.89. The molecule has 5 aromatic heterocycles. The third-order valence-corrected chi connectivity index (χ3v) is 7.51. The Morgan fingerprint density at radius 2 is 1.77 bits per heavy atom. The Kier molecular flexibility index (Phi) is 8.07. The lowest BCUT2D eigenvalue weighted by molar-refractivity contribution is -0.115. The van der Waals surface area contributed by atoms with Crippen LogP contribution in [0.15, 0.2) is 91.4 Å². The molecule has 0 aliphatic rings. The highest BCUT2D eigenvalue weighted by molar-refractivity contribution is 5.96. The number of anilines is 1. The molecular formula is C35H30FN9O2. The van der Waals surface area contributed by atoms with Crippen molar-refractivity contribution in [3.8, 4) is 39.8 Å². The van der Waals surface area contributed by atoms with Crippen molar-refractivity contribution >= 4 is 33.7 Å². The van der Waals surface area contributed by atoms with Crippen LogP contribution in [-0.4, -0.2) is 73.2 Å². The first-order chi connectivity index (χ1) is 22.9. The molecular weight excluding hydrogens is 597 g/mol. The minimum absolute atomic E-state index is 0.138. The number of H-pyrrole nitrogens is 2. The summed E-state index contributed by atoms with van der Waals surface area (Å²) in [5.74, 6) is 0.326. The number of benzene rings is 2. The highest BCUT2D eigenvalue weighted by atomic mass is 19.1. The molecule has 0 atom stereocenters. The van der Waals surface area contributed by atoms with Gasteiger partial charge in [-0.15, -0.1) is 0 Å². The molecule has 0 spiro atoms. The number of imidazole rings is 1. The van der Waals surface area contributed by atoms with Gasteiger partial charge in [-0.3, -0.25) is 19.9 Å². The van der Waals surface area contributed by atoms with Crippen molar-refractivity contribution in [2.75, 3.05) is 32.6 Å². The van der Waals surface area contributed by atoms with Crippen LogP contribution in [0.1, 0.15) is 5.56 Å². The van der Waals surface area contributed by atoms with Gasteiger partial charge in [0, 0.05) is 36.1 Å². The first kappa shape index (κ1) is 29.7. The number of pyridine rings is 3. The molecule has 1 amide bonds. The van der Waals surface area contributed by atoms with Gasteiger partial charge in [0.15, 0.2) is 11.5 Å². The molecule has 11 nitrogen and oxygen atoms in total. The largest absolute Gasteiger partial charge is 0.492 e. The minimum Gasteiger partial charge on any atom is -0.492 e. The van der Waals surface area contributed by atoms with Gasteiger partial charge in [0.05, 0.1) is 40.7 Å². The van der Waals surface area contributed by atoms with Crippen molar-refractivity contribution in [3.63, 3.8) is 0 Å². The van der Waals surface area contributed by atoms with E-state index in [9.17, 15) is 9.18 Å². The van der Waals surface area contributed by atoms with E-state index in [1.165, 1.54) is 12.1 Å². The van der Waals surface area contributed by atoms with Crippen molar-refractivity contribution in [2.45, 2.75) is 6.42 Å². The zero-order chi connectivity index (χ0) is 32.3. The first-order valence-electron chi connectivity index (χ1n) is 15.0. The van der Waals surface area contributed by atoms with Gasteiger partial charge in [-0.05, 0) is 56.1 Å². The second-order valence-corrected chi connectivity index (χ2v) is 11.3. The van der Waals surface area contributed by atoms with Crippen LogP contribution >= 0.6 is 0 Å². The standard InChI is InChI=1S/C35H30FN9O2/c1-45(2)12-13-47-26-17-22(15-24(36)18-26)31-32-28(10-11-38-31)41-35(42-32)34-33-29(43-44-34)9-8-27(40-33)23-16-25(20-37-19-23)39-30(46)14-21-6-4-3-5-7-21/h3-11,15-20H,12-14H2,1-2H3,(H,39,46)(H,41,42)(H,43,44). The third-order valence-electron chi connectivity index (χ3n) is 7.51. The van der Waals surface area contributed by atoms with Gasteiger partial charge in [0.25, 0.3) is 0 Å². The average Bonchev–Trinajstić information content (AvgIpc) is 3.69. The molecule has 2 aromatic carbocycles. The quantitative estimate of drug-likeness (QED) is 0.171. The zero-order valence-corrected chi connectivity index (χ0v) is 25.7. The number of amides is 1. The maximum absolute atomic E-state index is 14.7. The number of halogens is 1. The van der Waals surface area contributed by atoms with Crippen molar-refractivity contribution < 1.29 is 13.9 Å². The van der Waals surface area contributed by atoms with E-state index in [4.69, 9.17) is 14.7 Å². The van der Waals surface area contributed by atoms with Crippen LogP contribution in [0.2, 0.25) is 0 Å². The summed E-state index contributed by atoms with van der Waals surface area (Å²) in [6.45, 7) is 1.12. The maximum atomic E-state index is 14.7. The molecule has 3 N–H and O–H groups in total. The summed E-state index contributed by atoms with van der Waals surface area (Å²) < 4.78 is 20.5. The lowest BCUT2D eigenvalue weighted by atomic mass is 10.1. The number of aromatic amines is 2. The minimum atomic E-state index is -0.429. The van der Waals surface area contributed by atoms with Crippen molar-refractivity contribution in [1.29, 1.82) is 0 Å². The summed E-state index contributed by atoms with van der Waals surface area (Å²) in [6.07, 6.45) is 5.20. The fraction of sp³-hybridized carbons (Fsp3) is 0.143. The van der Waals surface area contributed by atoms with Gasteiger partial charge < -0.3 is 19.9 Å². The molecule has 7 aromatic rings. The molecule has 12 heteroatoms. The molecule has 0 fully saturated rings. The number of aromatic nitrogens is 7. The number of rotatable bonds is 10. The number of ether oxygens (including phenoxy) is 1. The van der Waals surface area contributed by atoms with Gasteiger partial charge in [0.1, 0.15) is 29.2 Å². The molecule has 234 valence electrons. The number of nitrogens with one attached hydrogen (secondary N) is 3. The Bertz CT molecular complexity index is 2210. The second kappa shape index (κ2) is 12.8. The van der Waals surface area contributed by atoms with Gasteiger partial charge in [-0.2, -0.15) is 5.10 Å². The van der Waals surface area contributed by atoms with Gasteiger partial charge in [0.2, 0.25) is 5.91 Å². The summed E-state index contributed by atoms with van der Waals surface area (Å²) in [6, 6.07) is 21.5. The summed E-state index contributed by atoms with van der Waals surface area (Å²) >= 11 is 0. The number of nitrogens with zero attached hydrogens (tertiary/aromatic N) is 6. The van der Waals surface area contributed by atoms with Crippen LogP contribution in [0, 0.1) is 5.82 Å². The molecule has 0 bridgehead atoms. The zero-order valence-electron chi connectivity index (χ0n) is 25.7. The van der Waals surface area contributed by atoms with Gasteiger partial charge >= 0.3 is 0 Å². The molecule has 0 saturated carbocycles. The molecule has 0 unspecified atom stereocenters. The van der Waals surface area contributed by atoms with Gasteiger partial charge in [-0.1, -0.05) is 30.3 Å². The van der Waals surface area contributed by atoms with Crippen LogP contribution in [0.4, 0.5) is 10.1 Å². The summed E-state index contributed by atoms with van der Waals surface area (Å²) in [4.78, 5) is 36.6. The Balaban J connectivity index is 1.18. The number of carbonyl (C=O) groups is 1. The number of carbonyl (C=O) groups excluding carboxylic acids is 1. The van der Waals surface area contributed by atoms with E-state index in [0.717, 1.165) is 11.1 Å². The average molecular weight is 628 g/mol. The Labute approximate surface area is 268 Å². The topological polar surface area (TPSA) is 138 Å². The highest BCUT2D eigenvalue weighted by Crippen LogP contribution is 2.32. The Hall–Kier alpha value is -6.01. The fourth-order valence-corrected chi connectivity index (χ4v) is 5.25. The van der Waals surface area contributed by atoms with Crippen LogP contribution in [0.3, 0.4) is 0 Å². The number of hydrogen-bond donors (Lipinski definition) is 3. The smallest absolute Gasteiger partial charge is 0.228 e. The maximum Gasteiger partial charge on any atom is 0.228 e. The van der Waals surface area contributed by atoms with Crippen LogP contribution in [0.5, 0.6) is 5.75 Å². The summed E-state index contributed by atoms with van der Waals surface area (Å²) in [5.41, 5.74) is 7.00. The molecule has 0 saturated heterocycles. The van der Waals surface area contributed by atoms with Crippen molar-refractivity contribution in [3.05, 3.63) is 103 Å². The van der Waals surface area contributed by atoms with Crippen LogP contribution in [0.25, 0.3) is 56.1 Å². The fourth-order valence-electron chi connectivity index (χ4n) is 5.25. The molecule has 7 rings (SSSR count). The molecule has 47 heavy (non-hydrogen) atoms. The number of hydrogen-bond acceptors (Lipinski definition) is 8. The third kappa shape index (κ3) is 6.53. The Morgan fingerprint density at radius 1 is 0.915 bits per heavy atom. The lowest BCUT2D eigenvalue weighted by Gasteiger charge is -2.12. The lowest BCUT2D eigenvalue weighted by Crippen LogP contribution is -2.19. The highest BCUT2D eigenvalue weighted by Gasteiger charge is 2.18. The molecule has 5 heterocycles. The van der Waals surface area contributed by atoms with Gasteiger partial charge in [-0.25, -0.2) is 14.4 Å². The monoisotopic (exact) mass is 627 g/mol. The molecule has 0 radical (unpaired) electrons. The van der Waals surface area contributed by atoms with E-state index in [2.05, 4.69) is 30.5 Å². The summed E-state index contributed by atoms with van der Waals surface area (Å²) in [7, 11) is 3.90. The molecule has 0 aliphatic heterocycles. The predicted molar refractivity (Wildman–Crippen MR) is 178 cm³/mol. The Morgan fingerprint density at radius 3 is 2.62 bits per heavy atom. The van der Waals surface area contributed by atoms with E-state index in [0.29, 0.717) is 75.1 Å². The van der Waals surface area contributed by atoms with E-state index >= 15 is 0 Å².